The van der Waals surface area contributed by atoms with Crippen molar-refractivity contribution >= 4 is 28.5 Å². The number of carbonyl (C=O) groups excluding carboxylic acids is 1. The van der Waals surface area contributed by atoms with Gasteiger partial charge in [-0.05, 0) is 42.7 Å². The average molecular weight is 370 g/mol. The number of rotatable bonds is 8. The summed E-state index contributed by atoms with van der Waals surface area (Å²) < 4.78 is 2.29. The predicted molar refractivity (Wildman–Crippen MR) is 107 cm³/mol. The number of carbonyl (C=O) groups is 1. The number of imidazole rings is 1. The van der Waals surface area contributed by atoms with E-state index in [1.807, 2.05) is 24.3 Å². The van der Waals surface area contributed by atoms with Gasteiger partial charge in [0.25, 0.3) is 0 Å². The zero-order chi connectivity index (χ0) is 18.4. The summed E-state index contributed by atoms with van der Waals surface area (Å²) in [5.41, 5.74) is 3.36. The van der Waals surface area contributed by atoms with Gasteiger partial charge in [-0.3, -0.25) is 4.79 Å². The number of nitrogens with zero attached hydrogens (tertiary/aromatic N) is 2. The third kappa shape index (κ3) is 4.85. The zero-order valence-corrected chi connectivity index (χ0v) is 15.8. The zero-order valence-electron chi connectivity index (χ0n) is 15.0. The summed E-state index contributed by atoms with van der Waals surface area (Å²) in [5.74, 6) is 1.14. The van der Waals surface area contributed by atoms with Crippen LogP contribution in [-0.2, 0) is 17.8 Å². The summed E-state index contributed by atoms with van der Waals surface area (Å²) >= 11 is 6.14. The monoisotopic (exact) mass is 369 g/mol. The lowest BCUT2D eigenvalue weighted by molar-refractivity contribution is -0.118. The van der Waals surface area contributed by atoms with Crippen molar-refractivity contribution in [1.82, 2.24) is 14.9 Å². The molecule has 0 aliphatic heterocycles. The van der Waals surface area contributed by atoms with Crippen LogP contribution in [-0.4, -0.2) is 22.0 Å². The Morgan fingerprint density at radius 2 is 1.96 bits per heavy atom. The molecule has 1 N–H and O–H groups in total. The first-order chi connectivity index (χ1) is 12.6. The van der Waals surface area contributed by atoms with Gasteiger partial charge in [-0.15, -0.1) is 0 Å². The number of hydrogen-bond donors (Lipinski definition) is 1. The number of halogens is 1. The predicted octanol–water partition coefficient (Wildman–Crippen LogP) is 4.59. The number of hydrogen-bond acceptors (Lipinski definition) is 2. The van der Waals surface area contributed by atoms with Gasteiger partial charge in [-0.2, -0.15) is 0 Å². The molecule has 136 valence electrons. The Bertz CT molecular complexity index is 888. The van der Waals surface area contributed by atoms with Crippen LogP contribution < -0.4 is 5.32 Å². The van der Waals surface area contributed by atoms with Crippen molar-refractivity contribution < 1.29 is 4.79 Å². The van der Waals surface area contributed by atoms with E-state index in [9.17, 15) is 4.79 Å². The number of benzene rings is 2. The molecule has 0 bridgehead atoms. The van der Waals surface area contributed by atoms with Gasteiger partial charge in [0, 0.05) is 31.5 Å². The number of unbranched alkanes of at least 4 members (excludes halogenated alkanes) is 2. The van der Waals surface area contributed by atoms with E-state index in [0.717, 1.165) is 60.7 Å². The number of aromatic nitrogens is 2. The molecule has 0 unspecified atom stereocenters. The SMILES string of the molecule is CC(=O)NCCCCCc1nc2ccccc2n1Cc1cccc(Cl)c1. The Morgan fingerprint density at radius 3 is 2.77 bits per heavy atom. The number of nitrogens with one attached hydrogen (secondary N) is 1. The lowest BCUT2D eigenvalue weighted by Crippen LogP contribution is -2.20. The Labute approximate surface area is 159 Å². The fraction of sp³-hybridized carbons (Fsp3) is 0.333. The normalized spacial score (nSPS) is 11.0. The highest BCUT2D eigenvalue weighted by Gasteiger charge is 2.11. The van der Waals surface area contributed by atoms with Crippen molar-refractivity contribution in [3.8, 4) is 0 Å². The Balaban J connectivity index is 1.71. The maximum atomic E-state index is 10.9. The standard InChI is InChI=1S/C21H24ClN3O/c1-16(26)23-13-6-2-3-12-21-24-19-10-4-5-11-20(19)25(21)15-17-8-7-9-18(22)14-17/h4-5,7-11,14H,2-3,6,12-13,15H2,1H3,(H,23,26). The molecule has 0 atom stereocenters. The first-order valence-electron chi connectivity index (χ1n) is 9.06. The highest BCUT2D eigenvalue weighted by Crippen LogP contribution is 2.20. The maximum absolute atomic E-state index is 10.9. The smallest absolute Gasteiger partial charge is 0.216 e. The molecule has 1 amide bonds. The lowest BCUT2D eigenvalue weighted by Gasteiger charge is -2.10. The van der Waals surface area contributed by atoms with Gasteiger partial charge in [0.2, 0.25) is 5.91 Å². The summed E-state index contributed by atoms with van der Waals surface area (Å²) in [6.45, 7) is 3.06. The molecule has 0 aliphatic carbocycles. The average Bonchev–Trinajstić information content (AvgIpc) is 2.95. The minimum Gasteiger partial charge on any atom is -0.356 e. The molecule has 2 aromatic carbocycles. The first kappa shape index (κ1) is 18.5. The van der Waals surface area contributed by atoms with E-state index >= 15 is 0 Å². The van der Waals surface area contributed by atoms with Gasteiger partial charge in [0.15, 0.2) is 0 Å². The molecule has 26 heavy (non-hydrogen) atoms. The van der Waals surface area contributed by atoms with E-state index in [1.54, 1.807) is 6.92 Å². The van der Waals surface area contributed by atoms with Crippen LogP contribution in [0.4, 0.5) is 0 Å². The van der Waals surface area contributed by atoms with Crippen molar-refractivity contribution in [3.05, 3.63) is 64.9 Å². The summed E-state index contributed by atoms with van der Waals surface area (Å²) in [4.78, 5) is 15.7. The van der Waals surface area contributed by atoms with Crippen molar-refractivity contribution in [2.75, 3.05) is 6.54 Å². The van der Waals surface area contributed by atoms with Crippen molar-refractivity contribution in [1.29, 1.82) is 0 Å². The summed E-state index contributed by atoms with van der Waals surface area (Å²) in [6, 6.07) is 16.2. The Hall–Kier alpha value is -2.33. The largest absolute Gasteiger partial charge is 0.356 e. The first-order valence-corrected chi connectivity index (χ1v) is 9.44. The third-order valence-electron chi connectivity index (χ3n) is 4.41. The second-order valence-corrected chi connectivity index (χ2v) is 6.96. The van der Waals surface area contributed by atoms with Gasteiger partial charge in [0.1, 0.15) is 5.82 Å². The molecule has 3 aromatic rings. The number of para-hydroxylation sites is 2. The molecule has 0 spiro atoms. The minimum absolute atomic E-state index is 0.0355. The number of aryl methyl sites for hydroxylation is 1. The van der Waals surface area contributed by atoms with E-state index in [2.05, 4.69) is 34.1 Å². The van der Waals surface area contributed by atoms with Gasteiger partial charge in [-0.25, -0.2) is 4.98 Å². The van der Waals surface area contributed by atoms with Crippen LogP contribution >= 0.6 is 11.6 Å². The molecular formula is C21H24ClN3O. The molecule has 0 saturated heterocycles. The molecule has 1 aromatic heterocycles. The van der Waals surface area contributed by atoms with E-state index in [-0.39, 0.29) is 5.91 Å². The quantitative estimate of drug-likeness (QED) is 0.590. The van der Waals surface area contributed by atoms with Gasteiger partial charge < -0.3 is 9.88 Å². The van der Waals surface area contributed by atoms with Crippen molar-refractivity contribution in [2.45, 2.75) is 39.2 Å². The maximum Gasteiger partial charge on any atom is 0.216 e. The van der Waals surface area contributed by atoms with Crippen LogP contribution in [0.1, 0.15) is 37.6 Å². The molecule has 0 fully saturated rings. The van der Waals surface area contributed by atoms with Crippen LogP contribution in [0.5, 0.6) is 0 Å². The van der Waals surface area contributed by atoms with Crippen LogP contribution in [0.25, 0.3) is 11.0 Å². The van der Waals surface area contributed by atoms with Crippen LogP contribution in [0.2, 0.25) is 5.02 Å². The molecule has 3 rings (SSSR count). The van der Waals surface area contributed by atoms with E-state index < -0.39 is 0 Å². The third-order valence-corrected chi connectivity index (χ3v) is 4.65. The highest BCUT2D eigenvalue weighted by molar-refractivity contribution is 6.30. The van der Waals surface area contributed by atoms with Crippen molar-refractivity contribution in [2.24, 2.45) is 0 Å². The van der Waals surface area contributed by atoms with E-state index in [0.29, 0.717) is 0 Å². The topological polar surface area (TPSA) is 46.9 Å². The highest BCUT2D eigenvalue weighted by atomic mass is 35.5. The van der Waals surface area contributed by atoms with E-state index in [1.165, 1.54) is 5.56 Å². The Morgan fingerprint density at radius 1 is 1.12 bits per heavy atom. The Kier molecular flexibility index (Phi) is 6.29. The summed E-state index contributed by atoms with van der Waals surface area (Å²) in [7, 11) is 0. The molecule has 4 nitrogen and oxygen atoms in total. The molecule has 5 heteroatoms. The van der Waals surface area contributed by atoms with E-state index in [4.69, 9.17) is 16.6 Å². The second kappa shape index (κ2) is 8.86. The number of amides is 1. The van der Waals surface area contributed by atoms with Gasteiger partial charge in [-0.1, -0.05) is 42.3 Å². The minimum atomic E-state index is 0.0355. The van der Waals surface area contributed by atoms with Crippen LogP contribution in [0.3, 0.4) is 0 Å². The van der Waals surface area contributed by atoms with Crippen LogP contribution in [0.15, 0.2) is 48.5 Å². The van der Waals surface area contributed by atoms with Crippen molar-refractivity contribution in [3.63, 3.8) is 0 Å². The summed E-state index contributed by atoms with van der Waals surface area (Å²) in [6.07, 6.45) is 4.04. The fourth-order valence-electron chi connectivity index (χ4n) is 3.16. The molecule has 0 radical (unpaired) electrons. The molecule has 0 aliphatic rings. The molecule has 1 heterocycles. The summed E-state index contributed by atoms with van der Waals surface area (Å²) in [5, 5.41) is 3.60. The lowest BCUT2D eigenvalue weighted by atomic mass is 10.1. The van der Waals surface area contributed by atoms with Crippen LogP contribution in [0, 0.1) is 0 Å². The fourth-order valence-corrected chi connectivity index (χ4v) is 3.37. The second-order valence-electron chi connectivity index (χ2n) is 6.53. The van der Waals surface area contributed by atoms with Gasteiger partial charge in [0.05, 0.1) is 11.0 Å². The molecular weight excluding hydrogens is 346 g/mol. The number of fused-ring (bicyclic) bond motifs is 1. The van der Waals surface area contributed by atoms with Gasteiger partial charge >= 0.3 is 0 Å². The molecule has 0 saturated carbocycles.